The number of anilines is 2. The molecule has 0 unspecified atom stereocenters. The van der Waals surface area contributed by atoms with Gasteiger partial charge in [-0.3, -0.25) is 20.2 Å². The Labute approximate surface area is 151 Å². The topological polar surface area (TPSA) is 110 Å². The van der Waals surface area contributed by atoms with E-state index >= 15 is 0 Å². The molecule has 2 rings (SSSR count). The fourth-order valence-electron chi connectivity index (χ4n) is 2.85. The van der Waals surface area contributed by atoms with E-state index in [-0.39, 0.29) is 22.1 Å². The van der Waals surface area contributed by atoms with Crippen LogP contribution >= 0.6 is 0 Å². The number of nitro groups is 2. The lowest BCUT2D eigenvalue weighted by Gasteiger charge is -2.12. The van der Waals surface area contributed by atoms with E-state index in [0.29, 0.717) is 24.5 Å². The Kier molecular flexibility index (Phi) is 6.71. The van der Waals surface area contributed by atoms with Crippen LogP contribution in [-0.2, 0) is 0 Å². The molecule has 0 aromatic heterocycles. The summed E-state index contributed by atoms with van der Waals surface area (Å²) in [5.74, 6) is 0. The maximum absolute atomic E-state index is 11.6. The Hall–Kier alpha value is -2.90. The quantitative estimate of drug-likeness (QED) is 0.347. The predicted octanol–water partition coefficient (Wildman–Crippen LogP) is 5.08. The molecule has 8 heteroatoms. The van der Waals surface area contributed by atoms with Crippen molar-refractivity contribution in [2.75, 3.05) is 23.7 Å². The van der Waals surface area contributed by atoms with E-state index < -0.39 is 9.85 Å². The highest BCUT2D eigenvalue weighted by molar-refractivity contribution is 6.04. The highest BCUT2D eigenvalue weighted by Crippen LogP contribution is 2.41. The molecule has 0 saturated heterocycles. The lowest BCUT2D eigenvalue weighted by Crippen LogP contribution is -2.06. The third-order valence-corrected chi connectivity index (χ3v) is 4.20. The molecule has 0 aliphatic rings. The van der Waals surface area contributed by atoms with E-state index in [1.54, 1.807) is 24.3 Å². The van der Waals surface area contributed by atoms with Crippen molar-refractivity contribution >= 4 is 33.5 Å². The number of unbranched alkanes of at least 4 members (excludes halogenated alkanes) is 2. The van der Waals surface area contributed by atoms with Crippen LogP contribution in [0, 0.1) is 20.2 Å². The molecule has 0 saturated carbocycles. The summed E-state index contributed by atoms with van der Waals surface area (Å²) in [4.78, 5) is 22.3. The van der Waals surface area contributed by atoms with Crippen LogP contribution in [0.5, 0.6) is 0 Å². The Balaban J connectivity index is 2.57. The van der Waals surface area contributed by atoms with E-state index in [4.69, 9.17) is 0 Å². The number of hydrogen-bond acceptors (Lipinski definition) is 6. The van der Waals surface area contributed by atoms with E-state index in [9.17, 15) is 20.2 Å². The van der Waals surface area contributed by atoms with Crippen molar-refractivity contribution in [1.82, 2.24) is 0 Å². The number of fused-ring (bicyclic) bond motifs is 1. The monoisotopic (exact) mass is 360 g/mol. The number of nitrogens with one attached hydrogen (secondary N) is 2. The van der Waals surface area contributed by atoms with Gasteiger partial charge in [0.15, 0.2) is 0 Å². The van der Waals surface area contributed by atoms with Gasteiger partial charge >= 0.3 is 0 Å². The molecule has 0 heterocycles. The van der Waals surface area contributed by atoms with E-state index in [0.717, 1.165) is 25.7 Å². The van der Waals surface area contributed by atoms with Gasteiger partial charge in [-0.1, -0.05) is 26.7 Å². The number of benzene rings is 2. The molecular weight excluding hydrogens is 336 g/mol. The molecule has 2 aromatic rings. The van der Waals surface area contributed by atoms with Crippen molar-refractivity contribution in [3.8, 4) is 0 Å². The highest BCUT2D eigenvalue weighted by Gasteiger charge is 2.25. The van der Waals surface area contributed by atoms with Crippen molar-refractivity contribution < 1.29 is 9.85 Å². The van der Waals surface area contributed by atoms with E-state index in [1.165, 1.54) is 0 Å². The summed E-state index contributed by atoms with van der Waals surface area (Å²) < 4.78 is 0. The molecule has 0 fully saturated rings. The maximum atomic E-state index is 11.6. The molecule has 0 atom stereocenters. The average molecular weight is 360 g/mol. The molecule has 0 aliphatic carbocycles. The normalized spacial score (nSPS) is 10.7. The fourth-order valence-corrected chi connectivity index (χ4v) is 2.85. The summed E-state index contributed by atoms with van der Waals surface area (Å²) in [6.45, 7) is 5.29. The lowest BCUT2D eigenvalue weighted by molar-refractivity contribution is -0.383. The van der Waals surface area contributed by atoms with Gasteiger partial charge in [0.2, 0.25) is 0 Å². The molecule has 0 amide bonds. The average Bonchev–Trinajstić information content (AvgIpc) is 2.60. The van der Waals surface area contributed by atoms with Gasteiger partial charge in [-0.25, -0.2) is 0 Å². The Morgan fingerprint density at radius 1 is 0.769 bits per heavy atom. The van der Waals surface area contributed by atoms with Crippen LogP contribution in [0.25, 0.3) is 10.8 Å². The lowest BCUT2D eigenvalue weighted by atomic mass is 10.0. The SMILES string of the molecule is CCCCNc1ccc2c([N+](=O)[O-])c(NCCCC)ccc2c1[N+](=O)[O-]. The molecule has 2 aromatic carbocycles. The van der Waals surface area contributed by atoms with Crippen LogP contribution in [0.15, 0.2) is 24.3 Å². The second kappa shape index (κ2) is 8.98. The number of nitro benzene ring substituents is 2. The molecule has 2 N–H and O–H groups in total. The van der Waals surface area contributed by atoms with Gasteiger partial charge in [0.25, 0.3) is 11.4 Å². The number of nitrogens with zero attached hydrogens (tertiary/aromatic N) is 2. The summed E-state index contributed by atoms with van der Waals surface area (Å²) in [5, 5.41) is 29.9. The minimum Gasteiger partial charge on any atom is -0.379 e. The Morgan fingerprint density at radius 3 is 1.46 bits per heavy atom. The van der Waals surface area contributed by atoms with Crippen LogP contribution in [0.2, 0.25) is 0 Å². The second-order valence-corrected chi connectivity index (χ2v) is 6.09. The zero-order chi connectivity index (χ0) is 19.1. The molecule has 8 nitrogen and oxygen atoms in total. The van der Waals surface area contributed by atoms with Gasteiger partial charge in [0.1, 0.15) is 11.4 Å². The summed E-state index contributed by atoms with van der Waals surface area (Å²) in [5.41, 5.74) is 0.525. The Bertz CT molecular complexity index is 740. The second-order valence-electron chi connectivity index (χ2n) is 6.09. The maximum Gasteiger partial charge on any atom is 0.300 e. The number of rotatable bonds is 10. The summed E-state index contributed by atoms with van der Waals surface area (Å²) in [6.07, 6.45) is 3.70. The minimum absolute atomic E-state index is 0.123. The largest absolute Gasteiger partial charge is 0.379 e. The fraction of sp³-hybridized carbons (Fsp3) is 0.444. The van der Waals surface area contributed by atoms with Gasteiger partial charge in [-0.15, -0.1) is 0 Å². The zero-order valence-corrected chi connectivity index (χ0v) is 15.1. The summed E-state index contributed by atoms with van der Waals surface area (Å²) in [6, 6.07) is 6.28. The molecule has 0 aliphatic heterocycles. The first kappa shape index (κ1) is 19.4. The van der Waals surface area contributed by atoms with Gasteiger partial charge < -0.3 is 10.6 Å². The first-order valence-corrected chi connectivity index (χ1v) is 8.87. The van der Waals surface area contributed by atoms with Crippen LogP contribution < -0.4 is 10.6 Å². The molecule has 0 spiro atoms. The van der Waals surface area contributed by atoms with Crippen LogP contribution in [0.1, 0.15) is 39.5 Å². The standard InChI is InChI=1S/C18H24N4O4/c1-3-5-11-19-15-9-7-14-13(17(15)21(23)24)8-10-16(18(14)22(25)26)20-12-6-4-2/h7-10,19-20H,3-6,11-12H2,1-2H3. The summed E-state index contributed by atoms with van der Waals surface area (Å²) in [7, 11) is 0. The minimum atomic E-state index is -0.482. The van der Waals surface area contributed by atoms with Crippen LogP contribution in [-0.4, -0.2) is 22.9 Å². The first-order valence-electron chi connectivity index (χ1n) is 8.87. The van der Waals surface area contributed by atoms with Crippen molar-refractivity contribution in [3.63, 3.8) is 0 Å². The molecule has 26 heavy (non-hydrogen) atoms. The van der Waals surface area contributed by atoms with Crippen molar-refractivity contribution in [2.24, 2.45) is 0 Å². The zero-order valence-electron chi connectivity index (χ0n) is 15.1. The predicted molar refractivity (Wildman–Crippen MR) is 104 cm³/mol. The summed E-state index contributed by atoms with van der Waals surface area (Å²) >= 11 is 0. The van der Waals surface area contributed by atoms with E-state index in [2.05, 4.69) is 10.6 Å². The molecule has 0 bridgehead atoms. The Morgan fingerprint density at radius 2 is 1.15 bits per heavy atom. The van der Waals surface area contributed by atoms with E-state index in [1.807, 2.05) is 13.8 Å². The van der Waals surface area contributed by atoms with Crippen molar-refractivity contribution in [1.29, 1.82) is 0 Å². The molecular formula is C18H24N4O4. The third-order valence-electron chi connectivity index (χ3n) is 4.20. The molecule has 0 radical (unpaired) electrons. The van der Waals surface area contributed by atoms with Crippen LogP contribution in [0.4, 0.5) is 22.7 Å². The van der Waals surface area contributed by atoms with Gasteiger partial charge in [0.05, 0.1) is 20.6 Å². The van der Waals surface area contributed by atoms with Crippen LogP contribution in [0.3, 0.4) is 0 Å². The van der Waals surface area contributed by atoms with Crippen molar-refractivity contribution in [2.45, 2.75) is 39.5 Å². The van der Waals surface area contributed by atoms with Crippen molar-refractivity contribution in [3.05, 3.63) is 44.5 Å². The smallest absolute Gasteiger partial charge is 0.300 e. The first-order chi connectivity index (χ1) is 12.5. The van der Waals surface area contributed by atoms with Gasteiger partial charge in [0, 0.05) is 13.1 Å². The van der Waals surface area contributed by atoms with Gasteiger partial charge in [-0.05, 0) is 37.1 Å². The molecule has 140 valence electrons. The number of hydrogen-bond donors (Lipinski definition) is 2. The van der Waals surface area contributed by atoms with Gasteiger partial charge in [-0.2, -0.15) is 0 Å². The third kappa shape index (κ3) is 4.19. The highest BCUT2D eigenvalue weighted by atomic mass is 16.6.